The van der Waals surface area contributed by atoms with E-state index in [4.69, 9.17) is 14.2 Å². The molecule has 0 saturated heterocycles. The van der Waals surface area contributed by atoms with Gasteiger partial charge in [-0.15, -0.1) is 0 Å². The fraction of sp³-hybridized carbons (Fsp3) is 0.227. The Labute approximate surface area is 158 Å². The van der Waals surface area contributed by atoms with Gasteiger partial charge in [-0.25, -0.2) is 0 Å². The summed E-state index contributed by atoms with van der Waals surface area (Å²) >= 11 is 0. The van der Waals surface area contributed by atoms with Crippen LogP contribution in [0.15, 0.2) is 42.1 Å². The zero-order valence-electron chi connectivity index (χ0n) is 16.2. The maximum atomic E-state index is 13.0. The molecule has 0 radical (unpaired) electrons. The summed E-state index contributed by atoms with van der Waals surface area (Å²) in [7, 11) is 4.60. The summed E-state index contributed by atoms with van der Waals surface area (Å²) < 4.78 is 16.0. The molecule has 0 amide bonds. The second-order valence-electron chi connectivity index (χ2n) is 6.31. The van der Waals surface area contributed by atoms with E-state index in [0.717, 1.165) is 22.0 Å². The lowest BCUT2D eigenvalue weighted by Gasteiger charge is -2.13. The maximum absolute atomic E-state index is 13.0. The van der Waals surface area contributed by atoms with Crippen LogP contribution in [-0.4, -0.2) is 32.1 Å². The number of ketones is 1. The molecule has 3 rings (SSSR count). The van der Waals surface area contributed by atoms with Crippen molar-refractivity contribution in [3.05, 3.63) is 58.8 Å². The molecule has 1 N–H and O–H groups in total. The number of methoxy groups -OCH3 is 3. The van der Waals surface area contributed by atoms with E-state index in [1.165, 1.54) is 21.3 Å². The van der Waals surface area contributed by atoms with E-state index >= 15 is 0 Å². The number of carbonyl (C=O) groups is 1. The number of aromatic nitrogens is 1. The Bertz CT molecular complexity index is 1000. The van der Waals surface area contributed by atoms with E-state index in [2.05, 4.69) is 18.0 Å². The molecular weight excluding hydrogens is 342 g/mol. The highest BCUT2D eigenvalue weighted by Crippen LogP contribution is 2.38. The highest BCUT2D eigenvalue weighted by Gasteiger charge is 2.18. The molecule has 0 saturated carbocycles. The topological polar surface area (TPSA) is 60.6 Å². The van der Waals surface area contributed by atoms with Gasteiger partial charge in [0.15, 0.2) is 17.3 Å². The number of ether oxygens (including phenoxy) is 3. The van der Waals surface area contributed by atoms with Gasteiger partial charge in [-0.3, -0.25) is 4.79 Å². The fourth-order valence-electron chi connectivity index (χ4n) is 3.25. The van der Waals surface area contributed by atoms with Crippen molar-refractivity contribution in [1.29, 1.82) is 0 Å². The van der Waals surface area contributed by atoms with Gasteiger partial charge < -0.3 is 19.2 Å². The molecule has 0 aliphatic heterocycles. The van der Waals surface area contributed by atoms with Gasteiger partial charge in [0.1, 0.15) is 0 Å². The molecule has 140 valence electrons. The molecule has 5 nitrogen and oxygen atoms in total. The van der Waals surface area contributed by atoms with Crippen molar-refractivity contribution in [2.75, 3.05) is 21.3 Å². The normalized spacial score (nSPS) is 11.5. The summed E-state index contributed by atoms with van der Waals surface area (Å²) in [4.78, 5) is 16.2. The average Bonchev–Trinajstić information content (AvgIpc) is 3.10. The Morgan fingerprint density at radius 3 is 2.30 bits per heavy atom. The van der Waals surface area contributed by atoms with Crippen molar-refractivity contribution in [2.24, 2.45) is 0 Å². The van der Waals surface area contributed by atoms with Gasteiger partial charge in [0.2, 0.25) is 5.75 Å². The number of nitrogens with one attached hydrogen (secondary N) is 1. The SMILES string of the molecule is COc1cc(C(=O)C(C)=Cc2c[nH]c3cccc(C)c23)cc(OC)c1OC. The largest absolute Gasteiger partial charge is 0.493 e. The van der Waals surface area contributed by atoms with E-state index in [1.54, 1.807) is 12.1 Å². The predicted molar refractivity (Wildman–Crippen MR) is 107 cm³/mol. The van der Waals surface area contributed by atoms with Crippen LogP contribution in [-0.2, 0) is 0 Å². The number of Topliss-reactive ketones (excluding diaryl/α,β-unsaturated/α-hetero) is 1. The first-order valence-electron chi connectivity index (χ1n) is 8.59. The van der Waals surface area contributed by atoms with Crippen LogP contribution >= 0.6 is 0 Å². The molecule has 0 aliphatic carbocycles. The standard InChI is InChI=1S/C22H23NO4/c1-13-7-6-8-17-20(13)16(12-23-17)9-14(2)21(24)15-10-18(25-3)22(27-5)19(11-15)26-4/h6-12,23H,1-5H3. The number of benzene rings is 2. The second kappa shape index (κ2) is 7.58. The Balaban J connectivity index is 2.03. The van der Waals surface area contributed by atoms with Crippen LogP contribution in [0, 0.1) is 6.92 Å². The lowest BCUT2D eigenvalue weighted by Crippen LogP contribution is -2.04. The molecule has 1 heterocycles. The first-order valence-corrected chi connectivity index (χ1v) is 8.59. The molecule has 5 heteroatoms. The number of aryl methyl sites for hydroxylation is 1. The summed E-state index contributed by atoms with van der Waals surface area (Å²) in [5.74, 6) is 1.27. The van der Waals surface area contributed by atoms with Gasteiger partial charge in [-0.05, 0) is 49.3 Å². The lowest BCUT2D eigenvalue weighted by molar-refractivity contribution is 0.103. The van der Waals surface area contributed by atoms with Crippen LogP contribution in [0.25, 0.3) is 17.0 Å². The Hall–Kier alpha value is -3.21. The van der Waals surface area contributed by atoms with Crippen LogP contribution in [0.4, 0.5) is 0 Å². The van der Waals surface area contributed by atoms with Crippen molar-refractivity contribution in [3.63, 3.8) is 0 Å². The number of fused-ring (bicyclic) bond motifs is 1. The number of carbonyl (C=O) groups excluding carboxylic acids is 1. The van der Waals surface area contributed by atoms with E-state index in [-0.39, 0.29) is 5.78 Å². The van der Waals surface area contributed by atoms with E-state index < -0.39 is 0 Å². The number of rotatable bonds is 6. The number of allylic oxidation sites excluding steroid dienone is 1. The Morgan fingerprint density at radius 1 is 1.04 bits per heavy atom. The zero-order valence-corrected chi connectivity index (χ0v) is 16.2. The van der Waals surface area contributed by atoms with Crippen molar-refractivity contribution >= 4 is 22.8 Å². The summed E-state index contributed by atoms with van der Waals surface area (Å²) in [5.41, 5.74) is 4.30. The molecule has 0 spiro atoms. The molecule has 0 atom stereocenters. The van der Waals surface area contributed by atoms with Crippen LogP contribution in [0.1, 0.15) is 28.4 Å². The van der Waals surface area contributed by atoms with Crippen LogP contribution in [0.3, 0.4) is 0 Å². The highest BCUT2D eigenvalue weighted by molar-refractivity contribution is 6.12. The monoisotopic (exact) mass is 365 g/mol. The summed E-state index contributed by atoms with van der Waals surface area (Å²) in [6, 6.07) is 9.43. The summed E-state index contributed by atoms with van der Waals surface area (Å²) in [6.07, 6.45) is 3.82. The molecule has 0 bridgehead atoms. The molecule has 1 aromatic heterocycles. The molecule has 27 heavy (non-hydrogen) atoms. The van der Waals surface area contributed by atoms with Gasteiger partial charge in [-0.2, -0.15) is 0 Å². The smallest absolute Gasteiger partial charge is 0.203 e. The van der Waals surface area contributed by atoms with Gasteiger partial charge >= 0.3 is 0 Å². The molecule has 0 aliphatic rings. The third kappa shape index (κ3) is 3.40. The third-order valence-electron chi connectivity index (χ3n) is 4.60. The number of H-pyrrole nitrogens is 1. The van der Waals surface area contributed by atoms with Crippen molar-refractivity contribution in [2.45, 2.75) is 13.8 Å². The van der Waals surface area contributed by atoms with Crippen LogP contribution in [0.5, 0.6) is 17.2 Å². The van der Waals surface area contributed by atoms with Crippen molar-refractivity contribution < 1.29 is 19.0 Å². The maximum Gasteiger partial charge on any atom is 0.203 e. The number of hydrogen-bond donors (Lipinski definition) is 1. The lowest BCUT2D eigenvalue weighted by atomic mass is 10.00. The van der Waals surface area contributed by atoms with Gasteiger partial charge in [0.05, 0.1) is 21.3 Å². The summed E-state index contributed by atoms with van der Waals surface area (Å²) in [5, 5.41) is 1.12. The first-order chi connectivity index (χ1) is 13.0. The van der Waals surface area contributed by atoms with E-state index in [1.807, 2.05) is 31.3 Å². The minimum absolute atomic E-state index is 0.0998. The minimum atomic E-state index is -0.0998. The fourth-order valence-corrected chi connectivity index (χ4v) is 3.25. The summed E-state index contributed by atoms with van der Waals surface area (Å²) in [6.45, 7) is 3.87. The van der Waals surface area contributed by atoms with Gasteiger partial charge in [0, 0.05) is 28.2 Å². The quantitative estimate of drug-likeness (QED) is 0.504. The predicted octanol–water partition coefficient (Wildman–Crippen LogP) is 4.79. The Kier molecular flexibility index (Phi) is 5.21. The molecule has 0 unspecified atom stereocenters. The third-order valence-corrected chi connectivity index (χ3v) is 4.60. The van der Waals surface area contributed by atoms with Crippen molar-refractivity contribution in [1.82, 2.24) is 4.98 Å². The van der Waals surface area contributed by atoms with E-state index in [0.29, 0.717) is 28.4 Å². The number of hydrogen-bond acceptors (Lipinski definition) is 4. The zero-order chi connectivity index (χ0) is 19.6. The average molecular weight is 365 g/mol. The molecular formula is C22H23NO4. The first kappa shape index (κ1) is 18.6. The number of aromatic amines is 1. The van der Waals surface area contributed by atoms with Crippen LogP contribution < -0.4 is 14.2 Å². The van der Waals surface area contributed by atoms with Crippen LogP contribution in [0.2, 0.25) is 0 Å². The molecule has 0 fully saturated rings. The molecule has 2 aromatic carbocycles. The van der Waals surface area contributed by atoms with Gasteiger partial charge in [-0.1, -0.05) is 12.1 Å². The van der Waals surface area contributed by atoms with E-state index in [9.17, 15) is 4.79 Å². The van der Waals surface area contributed by atoms with Crippen molar-refractivity contribution in [3.8, 4) is 17.2 Å². The Morgan fingerprint density at radius 2 is 1.70 bits per heavy atom. The molecule has 3 aromatic rings. The minimum Gasteiger partial charge on any atom is -0.493 e. The van der Waals surface area contributed by atoms with Gasteiger partial charge in [0.25, 0.3) is 0 Å². The highest BCUT2D eigenvalue weighted by atomic mass is 16.5. The second-order valence-corrected chi connectivity index (χ2v) is 6.31.